The van der Waals surface area contributed by atoms with Crippen molar-refractivity contribution in [2.75, 3.05) is 26.9 Å². The van der Waals surface area contributed by atoms with Crippen LogP contribution in [0.5, 0.6) is 0 Å². The van der Waals surface area contributed by atoms with Crippen LogP contribution in [0.3, 0.4) is 0 Å². The van der Waals surface area contributed by atoms with E-state index in [1.54, 1.807) is 4.90 Å². The van der Waals surface area contributed by atoms with Gasteiger partial charge in [0, 0.05) is 13.7 Å². The van der Waals surface area contributed by atoms with E-state index in [9.17, 15) is 4.79 Å². The van der Waals surface area contributed by atoms with Crippen LogP contribution in [-0.2, 0) is 9.53 Å². The van der Waals surface area contributed by atoms with Crippen LogP contribution in [0.1, 0.15) is 12.8 Å². The maximum Gasteiger partial charge on any atom is 0.248 e. The van der Waals surface area contributed by atoms with Crippen LogP contribution in [0.15, 0.2) is 0 Å². The van der Waals surface area contributed by atoms with Crippen LogP contribution < -0.4 is 0 Å². The lowest BCUT2D eigenvalue weighted by molar-refractivity contribution is -0.136. The van der Waals surface area contributed by atoms with E-state index in [0.29, 0.717) is 0 Å². The standard InChI is InChI=1S/C8H15NO3/c1-12-6-8(11)9-4-2-3-7(9)5-10/h7,10H,2-6H2,1H3. The van der Waals surface area contributed by atoms with Crippen LogP contribution in [0.4, 0.5) is 0 Å². The summed E-state index contributed by atoms with van der Waals surface area (Å²) in [6.07, 6.45) is 1.90. The highest BCUT2D eigenvalue weighted by Crippen LogP contribution is 2.16. The number of aliphatic hydroxyl groups is 1. The molecule has 1 fully saturated rings. The monoisotopic (exact) mass is 173 g/mol. The summed E-state index contributed by atoms with van der Waals surface area (Å²) in [5.41, 5.74) is 0. The van der Waals surface area contributed by atoms with Crippen molar-refractivity contribution in [3.05, 3.63) is 0 Å². The van der Waals surface area contributed by atoms with Crippen molar-refractivity contribution < 1.29 is 14.6 Å². The second-order valence-electron chi connectivity index (χ2n) is 3.00. The Kier molecular flexibility index (Phi) is 3.49. The lowest BCUT2D eigenvalue weighted by atomic mass is 10.2. The molecule has 0 aliphatic carbocycles. The quantitative estimate of drug-likeness (QED) is 0.632. The van der Waals surface area contributed by atoms with Crippen LogP contribution in [-0.4, -0.2) is 48.8 Å². The van der Waals surface area contributed by atoms with Crippen molar-refractivity contribution in [2.45, 2.75) is 18.9 Å². The van der Waals surface area contributed by atoms with Crippen LogP contribution in [0.2, 0.25) is 0 Å². The van der Waals surface area contributed by atoms with Gasteiger partial charge < -0.3 is 14.7 Å². The molecule has 1 rings (SSSR count). The summed E-state index contributed by atoms with van der Waals surface area (Å²) in [4.78, 5) is 13.0. The molecule has 12 heavy (non-hydrogen) atoms. The van der Waals surface area contributed by atoms with E-state index < -0.39 is 0 Å². The highest BCUT2D eigenvalue weighted by atomic mass is 16.5. The Balaban J connectivity index is 2.43. The van der Waals surface area contributed by atoms with E-state index in [1.165, 1.54) is 7.11 Å². The van der Waals surface area contributed by atoms with E-state index in [2.05, 4.69) is 0 Å². The van der Waals surface area contributed by atoms with Gasteiger partial charge in [-0.3, -0.25) is 4.79 Å². The van der Waals surface area contributed by atoms with Gasteiger partial charge in [0.15, 0.2) is 0 Å². The summed E-state index contributed by atoms with van der Waals surface area (Å²) in [7, 11) is 1.50. The zero-order chi connectivity index (χ0) is 8.97. The zero-order valence-corrected chi connectivity index (χ0v) is 7.32. The molecule has 1 unspecified atom stereocenters. The first-order valence-electron chi connectivity index (χ1n) is 4.19. The molecule has 1 atom stereocenters. The lowest BCUT2D eigenvalue weighted by Gasteiger charge is -2.22. The van der Waals surface area contributed by atoms with Gasteiger partial charge in [0.2, 0.25) is 5.91 Å². The number of ether oxygens (including phenoxy) is 1. The normalized spacial score (nSPS) is 23.2. The Morgan fingerprint density at radius 1 is 1.75 bits per heavy atom. The molecule has 1 saturated heterocycles. The van der Waals surface area contributed by atoms with Crippen molar-refractivity contribution >= 4 is 5.91 Å². The molecule has 1 amide bonds. The Labute approximate surface area is 72.1 Å². The summed E-state index contributed by atoms with van der Waals surface area (Å²) in [5.74, 6) is -0.0194. The third-order valence-electron chi connectivity index (χ3n) is 2.18. The first kappa shape index (κ1) is 9.48. The molecule has 0 aromatic rings. The molecule has 0 aromatic heterocycles. The van der Waals surface area contributed by atoms with E-state index in [4.69, 9.17) is 9.84 Å². The molecule has 1 aliphatic rings. The van der Waals surface area contributed by atoms with Crippen molar-refractivity contribution in [2.24, 2.45) is 0 Å². The molecule has 1 N–H and O–H groups in total. The highest BCUT2D eigenvalue weighted by molar-refractivity contribution is 5.78. The first-order valence-corrected chi connectivity index (χ1v) is 4.19. The van der Waals surface area contributed by atoms with Crippen molar-refractivity contribution in [1.29, 1.82) is 0 Å². The molecular weight excluding hydrogens is 158 g/mol. The summed E-state index contributed by atoms with van der Waals surface area (Å²) in [5, 5.41) is 8.92. The average Bonchev–Trinajstić information content (AvgIpc) is 2.51. The number of methoxy groups -OCH3 is 1. The summed E-state index contributed by atoms with van der Waals surface area (Å²) >= 11 is 0. The van der Waals surface area contributed by atoms with Gasteiger partial charge in [0.25, 0.3) is 0 Å². The smallest absolute Gasteiger partial charge is 0.248 e. The Bertz CT molecular complexity index is 160. The third kappa shape index (κ3) is 1.95. The maximum atomic E-state index is 11.3. The maximum absolute atomic E-state index is 11.3. The third-order valence-corrected chi connectivity index (χ3v) is 2.18. The van der Waals surface area contributed by atoms with Crippen molar-refractivity contribution in [1.82, 2.24) is 4.90 Å². The van der Waals surface area contributed by atoms with Crippen LogP contribution in [0, 0.1) is 0 Å². The Morgan fingerprint density at radius 3 is 3.08 bits per heavy atom. The fourth-order valence-electron chi connectivity index (χ4n) is 1.56. The van der Waals surface area contributed by atoms with Crippen LogP contribution in [0.25, 0.3) is 0 Å². The van der Waals surface area contributed by atoms with Crippen LogP contribution >= 0.6 is 0 Å². The minimum Gasteiger partial charge on any atom is -0.394 e. The van der Waals surface area contributed by atoms with E-state index in [1.807, 2.05) is 0 Å². The van der Waals surface area contributed by atoms with Gasteiger partial charge in [-0.1, -0.05) is 0 Å². The number of carbonyl (C=O) groups excluding carboxylic acids is 1. The fraction of sp³-hybridized carbons (Fsp3) is 0.875. The topological polar surface area (TPSA) is 49.8 Å². The number of hydrogen-bond acceptors (Lipinski definition) is 3. The minimum absolute atomic E-state index is 0.0194. The molecule has 1 aliphatic heterocycles. The number of carbonyl (C=O) groups is 1. The Morgan fingerprint density at radius 2 is 2.50 bits per heavy atom. The molecule has 4 heteroatoms. The molecule has 70 valence electrons. The predicted molar refractivity (Wildman–Crippen MR) is 43.7 cm³/mol. The van der Waals surface area contributed by atoms with Gasteiger partial charge in [0.1, 0.15) is 6.61 Å². The van der Waals surface area contributed by atoms with Gasteiger partial charge in [-0.2, -0.15) is 0 Å². The molecule has 0 spiro atoms. The van der Waals surface area contributed by atoms with Gasteiger partial charge >= 0.3 is 0 Å². The van der Waals surface area contributed by atoms with Gasteiger partial charge in [-0.15, -0.1) is 0 Å². The molecule has 0 radical (unpaired) electrons. The number of rotatable bonds is 3. The van der Waals surface area contributed by atoms with Gasteiger partial charge in [-0.05, 0) is 12.8 Å². The molecule has 0 saturated carbocycles. The number of aliphatic hydroxyl groups excluding tert-OH is 1. The largest absolute Gasteiger partial charge is 0.394 e. The van der Waals surface area contributed by atoms with E-state index >= 15 is 0 Å². The lowest BCUT2D eigenvalue weighted by Crippen LogP contribution is -2.39. The van der Waals surface area contributed by atoms with E-state index in [0.717, 1.165) is 19.4 Å². The Hall–Kier alpha value is -0.610. The van der Waals surface area contributed by atoms with Gasteiger partial charge in [-0.25, -0.2) is 0 Å². The number of amides is 1. The highest BCUT2D eigenvalue weighted by Gasteiger charge is 2.27. The number of nitrogens with zero attached hydrogens (tertiary/aromatic N) is 1. The summed E-state index contributed by atoms with van der Waals surface area (Å²) in [6.45, 7) is 0.944. The number of hydrogen-bond donors (Lipinski definition) is 1. The molecule has 4 nitrogen and oxygen atoms in total. The SMILES string of the molecule is COCC(=O)N1CCCC1CO. The first-order chi connectivity index (χ1) is 5.79. The van der Waals surface area contributed by atoms with Crippen molar-refractivity contribution in [3.8, 4) is 0 Å². The number of likely N-dealkylation sites (tertiary alicyclic amines) is 1. The minimum atomic E-state index is -0.0194. The molecule has 0 bridgehead atoms. The molecular formula is C8H15NO3. The molecule has 0 aromatic carbocycles. The summed E-state index contributed by atoms with van der Waals surface area (Å²) < 4.78 is 4.74. The second-order valence-corrected chi connectivity index (χ2v) is 3.00. The van der Waals surface area contributed by atoms with Gasteiger partial charge in [0.05, 0.1) is 12.6 Å². The zero-order valence-electron chi connectivity index (χ0n) is 7.32. The average molecular weight is 173 g/mol. The summed E-state index contributed by atoms with van der Waals surface area (Å²) in [6, 6.07) is 0.0210. The van der Waals surface area contributed by atoms with E-state index in [-0.39, 0.29) is 25.2 Å². The molecule has 1 heterocycles. The predicted octanol–water partition coefficient (Wildman–Crippen LogP) is -0.384. The fourth-order valence-corrected chi connectivity index (χ4v) is 1.56. The second kappa shape index (κ2) is 4.42. The van der Waals surface area contributed by atoms with Crippen molar-refractivity contribution in [3.63, 3.8) is 0 Å².